The third-order valence-electron chi connectivity index (χ3n) is 3.44. The molecule has 7 nitrogen and oxygen atoms in total. The van der Waals surface area contributed by atoms with Gasteiger partial charge in [0.05, 0.1) is 19.8 Å². The van der Waals surface area contributed by atoms with Crippen LogP contribution in [0.5, 0.6) is 11.5 Å². The third-order valence-corrected chi connectivity index (χ3v) is 3.44. The number of carbonyl (C=O) groups is 2. The van der Waals surface area contributed by atoms with Gasteiger partial charge in [-0.05, 0) is 31.0 Å². The van der Waals surface area contributed by atoms with E-state index in [9.17, 15) is 9.59 Å². The molecule has 0 aliphatic carbocycles. The molecule has 2 N–H and O–H groups in total. The molecule has 24 heavy (non-hydrogen) atoms. The van der Waals surface area contributed by atoms with Crippen molar-refractivity contribution in [1.82, 2.24) is 5.32 Å². The number of rotatable bonds is 7. The van der Waals surface area contributed by atoms with Crippen molar-refractivity contribution in [3.05, 3.63) is 47.4 Å². The van der Waals surface area contributed by atoms with E-state index in [-0.39, 0.29) is 17.4 Å². The number of carboxylic acids is 1. The van der Waals surface area contributed by atoms with Crippen molar-refractivity contribution >= 4 is 11.9 Å². The van der Waals surface area contributed by atoms with Crippen LogP contribution in [0, 0.1) is 0 Å². The Kier molecular flexibility index (Phi) is 5.47. The van der Waals surface area contributed by atoms with Crippen LogP contribution in [-0.4, -0.2) is 37.2 Å². The Balaban J connectivity index is 2.00. The molecule has 0 saturated heterocycles. The summed E-state index contributed by atoms with van der Waals surface area (Å²) in [7, 11) is 3.12. The molecule has 1 atom stereocenters. The number of benzene rings is 1. The lowest BCUT2D eigenvalue weighted by molar-refractivity contribution is 0.0695. The number of amides is 1. The number of ether oxygens (including phenoxy) is 2. The fourth-order valence-corrected chi connectivity index (χ4v) is 2.27. The molecule has 1 heterocycles. The van der Waals surface area contributed by atoms with E-state index in [0.29, 0.717) is 17.9 Å². The average molecular weight is 333 g/mol. The summed E-state index contributed by atoms with van der Waals surface area (Å²) in [6.45, 7) is 1.84. The quantitative estimate of drug-likeness (QED) is 0.807. The zero-order valence-electron chi connectivity index (χ0n) is 13.7. The van der Waals surface area contributed by atoms with Gasteiger partial charge in [-0.15, -0.1) is 0 Å². The third kappa shape index (κ3) is 4.07. The van der Waals surface area contributed by atoms with E-state index < -0.39 is 11.9 Å². The van der Waals surface area contributed by atoms with E-state index in [1.807, 2.05) is 19.1 Å². The van der Waals surface area contributed by atoms with Crippen LogP contribution in [0.15, 0.2) is 34.9 Å². The second-order valence-electron chi connectivity index (χ2n) is 5.27. The van der Waals surface area contributed by atoms with Gasteiger partial charge in [0.25, 0.3) is 5.91 Å². The number of hydrogen-bond acceptors (Lipinski definition) is 5. The van der Waals surface area contributed by atoms with E-state index in [1.54, 1.807) is 20.3 Å². The number of hydrogen-bond donors (Lipinski definition) is 2. The predicted octanol–water partition coefficient (Wildman–Crippen LogP) is 2.36. The number of methoxy groups -OCH3 is 2. The van der Waals surface area contributed by atoms with Gasteiger partial charge in [0.2, 0.25) is 0 Å². The maximum absolute atomic E-state index is 12.1. The molecular formula is C17H19NO6. The van der Waals surface area contributed by atoms with Crippen molar-refractivity contribution in [3.63, 3.8) is 0 Å². The summed E-state index contributed by atoms with van der Waals surface area (Å²) >= 11 is 0. The minimum Gasteiger partial charge on any atom is -0.493 e. The van der Waals surface area contributed by atoms with Gasteiger partial charge in [-0.2, -0.15) is 0 Å². The normalized spacial score (nSPS) is 11.6. The highest BCUT2D eigenvalue weighted by molar-refractivity contribution is 5.95. The highest BCUT2D eigenvalue weighted by Crippen LogP contribution is 2.28. The van der Waals surface area contributed by atoms with Gasteiger partial charge < -0.3 is 24.3 Å². The van der Waals surface area contributed by atoms with Crippen molar-refractivity contribution in [3.8, 4) is 11.5 Å². The number of carbonyl (C=O) groups excluding carboxylic acids is 1. The first kappa shape index (κ1) is 17.4. The van der Waals surface area contributed by atoms with Crippen LogP contribution in [0.3, 0.4) is 0 Å². The molecular weight excluding hydrogens is 314 g/mol. The van der Waals surface area contributed by atoms with E-state index in [1.165, 1.54) is 6.07 Å². The molecule has 0 radical (unpaired) electrons. The van der Waals surface area contributed by atoms with E-state index >= 15 is 0 Å². The highest BCUT2D eigenvalue weighted by atomic mass is 16.5. The average Bonchev–Trinajstić information content (AvgIpc) is 3.05. The lowest BCUT2D eigenvalue weighted by Gasteiger charge is -2.14. The number of nitrogens with one attached hydrogen (secondary N) is 1. The van der Waals surface area contributed by atoms with Crippen LogP contribution in [0.2, 0.25) is 0 Å². The maximum atomic E-state index is 12.1. The molecule has 2 aromatic rings. The van der Waals surface area contributed by atoms with Gasteiger partial charge in [0, 0.05) is 12.1 Å². The molecule has 1 unspecified atom stereocenters. The SMILES string of the molecule is COc1ccc(CC(C)NC(=O)c2cc(C(=O)O)co2)cc1OC. The summed E-state index contributed by atoms with van der Waals surface area (Å²) in [6.07, 6.45) is 1.61. The molecule has 0 aliphatic rings. The van der Waals surface area contributed by atoms with Crippen molar-refractivity contribution in [2.75, 3.05) is 14.2 Å². The van der Waals surface area contributed by atoms with Crippen LogP contribution in [0.1, 0.15) is 33.4 Å². The standard InChI is InChI=1S/C17H19NO6/c1-10(6-11-4-5-13(22-2)14(7-11)23-3)18-16(19)15-8-12(9-24-15)17(20)21/h4-5,7-10H,6H2,1-3H3,(H,18,19)(H,20,21). The lowest BCUT2D eigenvalue weighted by atomic mass is 10.1. The van der Waals surface area contributed by atoms with Crippen molar-refractivity contribution in [2.24, 2.45) is 0 Å². The molecule has 0 bridgehead atoms. The first-order chi connectivity index (χ1) is 11.4. The van der Waals surface area contributed by atoms with Crippen molar-refractivity contribution < 1.29 is 28.6 Å². The number of aromatic carboxylic acids is 1. The van der Waals surface area contributed by atoms with Gasteiger partial charge in [-0.25, -0.2) is 4.79 Å². The second kappa shape index (κ2) is 7.54. The minimum atomic E-state index is -1.14. The molecule has 0 aliphatic heterocycles. The predicted molar refractivity (Wildman–Crippen MR) is 85.8 cm³/mol. The Hall–Kier alpha value is -2.96. The Morgan fingerprint density at radius 3 is 2.50 bits per heavy atom. The molecule has 1 amide bonds. The minimum absolute atomic E-state index is 0.0356. The molecule has 1 aromatic heterocycles. The van der Waals surface area contributed by atoms with Crippen LogP contribution in [-0.2, 0) is 6.42 Å². The topological polar surface area (TPSA) is 98.0 Å². The molecule has 0 fully saturated rings. The monoisotopic (exact) mass is 333 g/mol. The molecule has 2 rings (SSSR count). The van der Waals surface area contributed by atoms with Gasteiger partial charge in [-0.3, -0.25) is 4.79 Å². The zero-order chi connectivity index (χ0) is 17.7. The summed E-state index contributed by atoms with van der Waals surface area (Å²) in [4.78, 5) is 22.9. The summed E-state index contributed by atoms with van der Waals surface area (Å²) in [6, 6.07) is 6.54. The van der Waals surface area contributed by atoms with Crippen molar-refractivity contribution in [1.29, 1.82) is 0 Å². The van der Waals surface area contributed by atoms with E-state index in [0.717, 1.165) is 11.8 Å². The Bertz CT molecular complexity index is 736. The summed E-state index contributed by atoms with van der Waals surface area (Å²) in [5.74, 6) is -0.390. The van der Waals surface area contributed by atoms with Gasteiger partial charge in [-0.1, -0.05) is 6.07 Å². The van der Waals surface area contributed by atoms with Crippen LogP contribution in [0.4, 0.5) is 0 Å². The fourth-order valence-electron chi connectivity index (χ4n) is 2.27. The molecule has 1 aromatic carbocycles. The first-order valence-corrected chi connectivity index (χ1v) is 7.28. The van der Waals surface area contributed by atoms with Gasteiger partial charge in [0.15, 0.2) is 17.3 Å². The zero-order valence-corrected chi connectivity index (χ0v) is 13.7. The van der Waals surface area contributed by atoms with Crippen LogP contribution < -0.4 is 14.8 Å². The fraction of sp³-hybridized carbons (Fsp3) is 0.294. The maximum Gasteiger partial charge on any atom is 0.338 e. The summed E-state index contributed by atoms with van der Waals surface area (Å²) in [5, 5.41) is 11.6. The molecule has 0 spiro atoms. The lowest BCUT2D eigenvalue weighted by Crippen LogP contribution is -2.33. The number of furan rings is 1. The molecule has 7 heteroatoms. The molecule has 0 saturated carbocycles. The van der Waals surface area contributed by atoms with Crippen LogP contribution in [0.25, 0.3) is 0 Å². The number of carboxylic acid groups (broad SMARTS) is 1. The summed E-state index contributed by atoms with van der Waals surface area (Å²) < 4.78 is 15.4. The second-order valence-corrected chi connectivity index (χ2v) is 5.27. The van der Waals surface area contributed by atoms with Gasteiger partial charge >= 0.3 is 5.97 Å². The Morgan fingerprint density at radius 1 is 1.21 bits per heavy atom. The smallest absolute Gasteiger partial charge is 0.338 e. The Morgan fingerprint density at radius 2 is 1.92 bits per heavy atom. The summed E-state index contributed by atoms with van der Waals surface area (Å²) in [5.41, 5.74) is 0.902. The van der Waals surface area contributed by atoms with E-state index in [2.05, 4.69) is 5.32 Å². The largest absolute Gasteiger partial charge is 0.493 e. The first-order valence-electron chi connectivity index (χ1n) is 7.28. The Labute approximate surface area is 139 Å². The highest BCUT2D eigenvalue weighted by Gasteiger charge is 2.17. The van der Waals surface area contributed by atoms with Crippen LogP contribution >= 0.6 is 0 Å². The van der Waals surface area contributed by atoms with Gasteiger partial charge in [0.1, 0.15) is 6.26 Å². The molecule has 128 valence electrons. The van der Waals surface area contributed by atoms with Crippen molar-refractivity contribution in [2.45, 2.75) is 19.4 Å². The van der Waals surface area contributed by atoms with E-state index in [4.69, 9.17) is 19.0 Å².